The van der Waals surface area contributed by atoms with E-state index in [1.165, 1.54) is 0 Å². The lowest BCUT2D eigenvalue weighted by atomic mass is 9.92. The lowest BCUT2D eigenvalue weighted by molar-refractivity contribution is -0.157. The van der Waals surface area contributed by atoms with E-state index in [-0.39, 0.29) is 30.4 Å². The van der Waals surface area contributed by atoms with Gasteiger partial charge in [0.25, 0.3) is 5.91 Å². The standard InChI is InChI=1S/C22H31N3O4/c1-16-12-17(2)14-25(13-16)20(26)15-29-21(27)18-8-10-24(11-9-18)22(28)23-19-6-4-3-5-7-19/h3-7,16-18H,8-15H2,1-2H3,(H,23,28)/t16-,17-/m0/s1. The number of rotatable bonds is 4. The van der Waals surface area contributed by atoms with E-state index in [2.05, 4.69) is 19.2 Å². The molecule has 0 unspecified atom stereocenters. The largest absolute Gasteiger partial charge is 0.455 e. The number of urea groups is 1. The topological polar surface area (TPSA) is 79.0 Å². The van der Waals surface area contributed by atoms with Gasteiger partial charge in [-0.3, -0.25) is 9.59 Å². The van der Waals surface area contributed by atoms with E-state index in [9.17, 15) is 14.4 Å². The Morgan fingerprint density at radius 2 is 1.62 bits per heavy atom. The fourth-order valence-corrected chi connectivity index (χ4v) is 4.25. The Morgan fingerprint density at radius 3 is 2.24 bits per heavy atom. The van der Waals surface area contributed by atoms with Gasteiger partial charge in [0.05, 0.1) is 5.92 Å². The van der Waals surface area contributed by atoms with E-state index >= 15 is 0 Å². The molecule has 0 spiro atoms. The molecular formula is C22H31N3O4. The van der Waals surface area contributed by atoms with Crippen LogP contribution in [0, 0.1) is 17.8 Å². The monoisotopic (exact) mass is 401 g/mol. The number of piperidine rings is 2. The number of nitrogens with one attached hydrogen (secondary N) is 1. The summed E-state index contributed by atoms with van der Waals surface area (Å²) in [6.07, 6.45) is 2.22. The van der Waals surface area contributed by atoms with Gasteiger partial charge in [0.15, 0.2) is 6.61 Å². The Labute approximate surface area is 172 Å². The number of anilines is 1. The van der Waals surface area contributed by atoms with Crippen molar-refractivity contribution in [2.24, 2.45) is 17.8 Å². The number of ether oxygens (including phenoxy) is 1. The van der Waals surface area contributed by atoms with Crippen LogP contribution < -0.4 is 5.32 Å². The number of para-hydroxylation sites is 1. The molecule has 2 fully saturated rings. The zero-order chi connectivity index (χ0) is 20.8. The van der Waals surface area contributed by atoms with Gasteiger partial charge in [0.1, 0.15) is 0 Å². The van der Waals surface area contributed by atoms with Gasteiger partial charge in [-0.1, -0.05) is 32.0 Å². The van der Waals surface area contributed by atoms with Crippen LogP contribution in [-0.2, 0) is 14.3 Å². The number of esters is 1. The van der Waals surface area contributed by atoms with Crippen LogP contribution in [-0.4, -0.2) is 60.5 Å². The summed E-state index contributed by atoms with van der Waals surface area (Å²) in [5.41, 5.74) is 0.749. The Kier molecular flexibility index (Phi) is 7.12. The number of hydrogen-bond acceptors (Lipinski definition) is 4. The van der Waals surface area contributed by atoms with Crippen LogP contribution in [0.3, 0.4) is 0 Å². The van der Waals surface area contributed by atoms with Gasteiger partial charge in [-0.25, -0.2) is 4.79 Å². The molecule has 2 heterocycles. The smallest absolute Gasteiger partial charge is 0.321 e. The van der Waals surface area contributed by atoms with Crippen molar-refractivity contribution in [2.75, 3.05) is 38.1 Å². The summed E-state index contributed by atoms with van der Waals surface area (Å²) in [5, 5.41) is 2.86. The highest BCUT2D eigenvalue weighted by atomic mass is 16.5. The summed E-state index contributed by atoms with van der Waals surface area (Å²) in [5.74, 6) is 0.244. The maximum Gasteiger partial charge on any atom is 0.321 e. The third-order valence-electron chi connectivity index (χ3n) is 5.70. The zero-order valence-electron chi connectivity index (χ0n) is 17.3. The highest BCUT2D eigenvalue weighted by Crippen LogP contribution is 2.22. The van der Waals surface area contributed by atoms with Gasteiger partial charge < -0.3 is 19.9 Å². The van der Waals surface area contributed by atoms with Gasteiger partial charge in [0.2, 0.25) is 0 Å². The predicted octanol–water partition coefficient (Wildman–Crippen LogP) is 2.98. The lowest BCUT2D eigenvalue weighted by Crippen LogP contribution is -2.45. The molecule has 7 nitrogen and oxygen atoms in total. The minimum Gasteiger partial charge on any atom is -0.455 e. The average molecular weight is 402 g/mol. The van der Waals surface area contributed by atoms with Crippen LogP contribution in [0.25, 0.3) is 0 Å². The van der Waals surface area contributed by atoms with Crippen LogP contribution in [0.2, 0.25) is 0 Å². The molecular weight excluding hydrogens is 370 g/mol. The first-order chi connectivity index (χ1) is 13.9. The summed E-state index contributed by atoms with van der Waals surface area (Å²) < 4.78 is 5.31. The van der Waals surface area contributed by atoms with Crippen molar-refractivity contribution in [1.29, 1.82) is 0 Å². The van der Waals surface area contributed by atoms with Crippen molar-refractivity contribution in [3.8, 4) is 0 Å². The van der Waals surface area contributed by atoms with E-state index in [0.29, 0.717) is 37.8 Å². The van der Waals surface area contributed by atoms with Crippen molar-refractivity contribution < 1.29 is 19.1 Å². The molecule has 1 aromatic rings. The van der Waals surface area contributed by atoms with Gasteiger partial charge in [-0.05, 0) is 43.2 Å². The second kappa shape index (κ2) is 9.76. The average Bonchev–Trinajstić information content (AvgIpc) is 2.72. The first-order valence-electron chi connectivity index (χ1n) is 10.5. The van der Waals surface area contributed by atoms with Gasteiger partial charge in [0, 0.05) is 31.9 Å². The van der Waals surface area contributed by atoms with Gasteiger partial charge in [-0.15, -0.1) is 0 Å². The van der Waals surface area contributed by atoms with E-state index in [1.54, 1.807) is 4.90 Å². The molecule has 2 saturated heterocycles. The second-order valence-electron chi connectivity index (χ2n) is 8.41. The quantitative estimate of drug-likeness (QED) is 0.787. The van der Waals surface area contributed by atoms with Gasteiger partial charge >= 0.3 is 12.0 Å². The molecule has 0 radical (unpaired) electrons. The fourth-order valence-electron chi connectivity index (χ4n) is 4.25. The molecule has 1 aromatic carbocycles. The molecule has 3 amide bonds. The summed E-state index contributed by atoms with van der Waals surface area (Å²) in [4.78, 5) is 40.6. The van der Waals surface area contributed by atoms with Crippen molar-refractivity contribution >= 4 is 23.6 Å². The Morgan fingerprint density at radius 1 is 1.00 bits per heavy atom. The Balaban J connectivity index is 1.39. The minimum absolute atomic E-state index is 0.114. The zero-order valence-corrected chi connectivity index (χ0v) is 17.3. The fraction of sp³-hybridized carbons (Fsp3) is 0.591. The minimum atomic E-state index is -0.334. The maximum atomic E-state index is 12.4. The number of carbonyl (C=O) groups excluding carboxylic acids is 3. The molecule has 3 rings (SSSR count). The summed E-state index contributed by atoms with van der Waals surface area (Å²) >= 11 is 0. The van der Waals surface area contributed by atoms with Crippen LogP contribution in [0.4, 0.5) is 10.5 Å². The number of carbonyl (C=O) groups is 3. The second-order valence-corrected chi connectivity index (χ2v) is 8.41. The Hall–Kier alpha value is -2.57. The number of nitrogens with zero attached hydrogens (tertiary/aromatic N) is 2. The number of hydrogen-bond donors (Lipinski definition) is 1. The van der Waals surface area contributed by atoms with Crippen LogP contribution >= 0.6 is 0 Å². The van der Waals surface area contributed by atoms with Crippen molar-refractivity contribution in [1.82, 2.24) is 9.80 Å². The van der Waals surface area contributed by atoms with Crippen molar-refractivity contribution in [2.45, 2.75) is 33.1 Å². The predicted molar refractivity (Wildman–Crippen MR) is 110 cm³/mol. The summed E-state index contributed by atoms with van der Waals surface area (Å²) in [6, 6.07) is 9.14. The first-order valence-corrected chi connectivity index (χ1v) is 10.5. The van der Waals surface area contributed by atoms with Crippen molar-refractivity contribution in [3.63, 3.8) is 0 Å². The normalized spacial score (nSPS) is 22.8. The molecule has 29 heavy (non-hydrogen) atoms. The summed E-state index contributed by atoms with van der Waals surface area (Å²) in [6.45, 7) is 6.55. The third kappa shape index (κ3) is 5.95. The first kappa shape index (κ1) is 21.1. The van der Waals surface area contributed by atoms with Crippen LogP contribution in [0.15, 0.2) is 30.3 Å². The highest BCUT2D eigenvalue weighted by molar-refractivity contribution is 5.89. The summed E-state index contributed by atoms with van der Waals surface area (Å²) in [7, 11) is 0. The molecule has 2 aliphatic rings. The molecule has 2 atom stereocenters. The highest BCUT2D eigenvalue weighted by Gasteiger charge is 2.30. The molecule has 0 aliphatic carbocycles. The van der Waals surface area contributed by atoms with E-state index < -0.39 is 0 Å². The van der Waals surface area contributed by atoms with Crippen LogP contribution in [0.5, 0.6) is 0 Å². The van der Waals surface area contributed by atoms with E-state index in [4.69, 9.17) is 4.74 Å². The molecule has 158 valence electrons. The molecule has 1 N–H and O–H groups in total. The lowest BCUT2D eigenvalue weighted by Gasteiger charge is -2.35. The molecule has 2 aliphatic heterocycles. The molecule has 0 bridgehead atoms. The molecule has 0 saturated carbocycles. The van der Waals surface area contributed by atoms with E-state index in [0.717, 1.165) is 25.2 Å². The maximum absolute atomic E-state index is 12.4. The van der Waals surface area contributed by atoms with Crippen molar-refractivity contribution in [3.05, 3.63) is 30.3 Å². The molecule has 0 aromatic heterocycles. The number of benzene rings is 1. The Bertz CT molecular complexity index is 706. The van der Waals surface area contributed by atoms with Crippen LogP contribution in [0.1, 0.15) is 33.1 Å². The van der Waals surface area contributed by atoms with E-state index in [1.807, 2.05) is 35.2 Å². The number of amides is 3. The number of likely N-dealkylation sites (tertiary alicyclic amines) is 2. The SMILES string of the molecule is C[C@H]1C[C@H](C)CN(C(=O)COC(=O)C2CCN(C(=O)Nc3ccccc3)CC2)C1. The third-order valence-corrected chi connectivity index (χ3v) is 5.70. The molecule has 7 heteroatoms. The van der Waals surface area contributed by atoms with Gasteiger partial charge in [-0.2, -0.15) is 0 Å².